The number of piperazine rings is 1. The summed E-state index contributed by atoms with van der Waals surface area (Å²) in [5.41, 5.74) is 0.256. The number of nitrogens with one attached hydrogen (secondary N) is 1. The maximum Gasteiger partial charge on any atom is 0.417 e. The number of pyridine rings is 1. The molecule has 0 amide bonds. The molecule has 2 aromatic heterocycles. The zero-order valence-electron chi connectivity index (χ0n) is 25.0. The van der Waals surface area contributed by atoms with Gasteiger partial charge >= 0.3 is 12.2 Å². The van der Waals surface area contributed by atoms with E-state index in [1.807, 2.05) is 4.90 Å². The highest BCUT2D eigenvalue weighted by Crippen LogP contribution is 2.47. The monoisotopic (exact) mass is 655 g/mol. The average Bonchev–Trinajstić information content (AvgIpc) is 3.55. The van der Waals surface area contributed by atoms with Crippen LogP contribution in [-0.2, 0) is 6.18 Å². The van der Waals surface area contributed by atoms with Crippen molar-refractivity contribution < 1.29 is 40.2 Å². The van der Waals surface area contributed by atoms with Crippen LogP contribution in [0, 0.1) is 18.6 Å². The first-order chi connectivity index (χ1) is 21.8. The molecule has 16 heteroatoms. The fourth-order valence-electron chi connectivity index (χ4n) is 7.68. The zero-order valence-corrected chi connectivity index (χ0v) is 25.0. The number of fused-ring (bicyclic) bond motifs is 3. The molecule has 0 spiro atoms. The largest absolute Gasteiger partial charge is 0.472 e. The molecule has 0 saturated carbocycles. The summed E-state index contributed by atoms with van der Waals surface area (Å²) in [6.07, 6.45) is -6.05. The van der Waals surface area contributed by atoms with Crippen molar-refractivity contribution >= 4 is 22.4 Å². The molecule has 7 rings (SSSR count). The molecular formula is C30H32F7N7O2. The third-order valence-electron chi connectivity index (χ3n) is 9.89. The van der Waals surface area contributed by atoms with Gasteiger partial charge in [-0.1, -0.05) is 0 Å². The quantitative estimate of drug-likeness (QED) is 0.288. The fraction of sp³-hybridized carbons (Fsp3) is 0.567. The lowest BCUT2D eigenvalue weighted by molar-refractivity contribution is -0.137. The second-order valence-electron chi connectivity index (χ2n) is 12.5. The highest BCUT2D eigenvalue weighted by molar-refractivity contribution is 5.97. The summed E-state index contributed by atoms with van der Waals surface area (Å²) in [4.78, 5) is 16.9. The van der Waals surface area contributed by atoms with E-state index in [1.54, 1.807) is 11.8 Å². The number of nitrogen functional groups attached to an aromatic ring is 1. The molecule has 3 fully saturated rings. The van der Waals surface area contributed by atoms with E-state index in [1.165, 1.54) is 0 Å². The summed E-state index contributed by atoms with van der Waals surface area (Å²) in [5.74, 6) is -2.47. The van der Waals surface area contributed by atoms with Gasteiger partial charge in [0.15, 0.2) is 5.82 Å². The smallest absolute Gasteiger partial charge is 0.417 e. The average molecular weight is 656 g/mol. The van der Waals surface area contributed by atoms with E-state index >= 15 is 4.39 Å². The Kier molecular flexibility index (Phi) is 7.38. The van der Waals surface area contributed by atoms with Crippen molar-refractivity contribution in [1.82, 2.24) is 25.2 Å². The van der Waals surface area contributed by atoms with Crippen molar-refractivity contribution in [1.29, 1.82) is 0 Å². The topological polar surface area (TPSA) is 102 Å². The van der Waals surface area contributed by atoms with Crippen molar-refractivity contribution in [3.05, 3.63) is 28.8 Å². The second-order valence-corrected chi connectivity index (χ2v) is 12.5. The molecule has 4 atom stereocenters. The van der Waals surface area contributed by atoms with E-state index in [2.05, 4.69) is 20.3 Å². The van der Waals surface area contributed by atoms with Crippen LogP contribution >= 0.6 is 0 Å². The molecule has 3 saturated heterocycles. The van der Waals surface area contributed by atoms with Gasteiger partial charge < -0.3 is 25.4 Å². The Morgan fingerprint density at radius 1 is 1.15 bits per heavy atom. The number of anilines is 2. The van der Waals surface area contributed by atoms with Crippen LogP contribution in [0.1, 0.15) is 43.7 Å². The Balaban J connectivity index is 1.41. The molecule has 3 N–H and O–H groups in total. The molecule has 0 aliphatic carbocycles. The molecule has 6 heterocycles. The molecule has 0 bridgehead atoms. The number of halogens is 7. The van der Waals surface area contributed by atoms with Crippen LogP contribution in [0.2, 0.25) is 0 Å². The Morgan fingerprint density at radius 2 is 1.93 bits per heavy atom. The molecule has 1 aromatic carbocycles. The molecule has 9 nitrogen and oxygen atoms in total. The standard InChI is InChI=1S/C30H32F7N7O2/c1-13-20(30(35,36)37)15(10-16(38)21(13)31)23-22(32)24-19-26(43-9-7-39-11-18(43)14(2)46-27(19)40-23)42-28(41-24)45-12-29-5-3-8-44(29)17(4-6-29)25(33)34/h10,14,17-18,25,39H,3-9,11-12,38H2,1-2H3/t14-,17?,18-,29-/m0/s1. The summed E-state index contributed by atoms with van der Waals surface area (Å²) in [5, 5.41) is 3.32. The van der Waals surface area contributed by atoms with Gasteiger partial charge in [0.2, 0.25) is 5.88 Å². The van der Waals surface area contributed by atoms with Crippen molar-refractivity contribution in [3.8, 4) is 23.1 Å². The normalized spacial score (nSPS) is 26.3. The first-order valence-corrected chi connectivity index (χ1v) is 15.2. The maximum atomic E-state index is 16.6. The first-order valence-electron chi connectivity index (χ1n) is 15.2. The van der Waals surface area contributed by atoms with Gasteiger partial charge in [-0.2, -0.15) is 23.1 Å². The van der Waals surface area contributed by atoms with Crippen LogP contribution in [0.4, 0.5) is 42.2 Å². The molecule has 3 aromatic rings. The number of nitrogens with zero attached hydrogens (tertiary/aromatic N) is 5. The minimum Gasteiger partial charge on any atom is -0.472 e. The number of aromatic nitrogens is 3. The number of benzene rings is 1. The van der Waals surface area contributed by atoms with Gasteiger partial charge in [0.05, 0.1) is 28.9 Å². The van der Waals surface area contributed by atoms with E-state index in [0.717, 1.165) is 6.92 Å². The number of hydrogen-bond acceptors (Lipinski definition) is 9. The van der Waals surface area contributed by atoms with Crippen molar-refractivity contribution in [3.63, 3.8) is 0 Å². The summed E-state index contributed by atoms with van der Waals surface area (Å²) in [7, 11) is 0. The van der Waals surface area contributed by atoms with E-state index in [9.17, 15) is 26.3 Å². The van der Waals surface area contributed by atoms with Crippen LogP contribution in [-0.4, -0.2) is 82.8 Å². The number of alkyl halides is 5. The number of rotatable bonds is 5. The van der Waals surface area contributed by atoms with Crippen molar-refractivity contribution in [2.24, 2.45) is 0 Å². The van der Waals surface area contributed by atoms with E-state index in [0.29, 0.717) is 57.9 Å². The predicted octanol–water partition coefficient (Wildman–Crippen LogP) is 5.08. The Labute approximate surface area is 259 Å². The van der Waals surface area contributed by atoms with E-state index in [4.69, 9.17) is 15.2 Å². The van der Waals surface area contributed by atoms with Gasteiger partial charge in [-0.05, 0) is 57.7 Å². The lowest BCUT2D eigenvalue weighted by Gasteiger charge is -2.38. The lowest BCUT2D eigenvalue weighted by Crippen LogP contribution is -2.56. The van der Waals surface area contributed by atoms with Gasteiger partial charge in [0.25, 0.3) is 6.43 Å². The van der Waals surface area contributed by atoms with Crippen LogP contribution in [0.15, 0.2) is 6.07 Å². The van der Waals surface area contributed by atoms with E-state index in [-0.39, 0.29) is 35.7 Å². The predicted molar refractivity (Wildman–Crippen MR) is 154 cm³/mol. The molecule has 1 unspecified atom stereocenters. The minimum atomic E-state index is -5.08. The van der Waals surface area contributed by atoms with Crippen LogP contribution in [0.3, 0.4) is 0 Å². The highest BCUT2D eigenvalue weighted by atomic mass is 19.4. The summed E-state index contributed by atoms with van der Waals surface area (Å²) >= 11 is 0. The fourth-order valence-corrected chi connectivity index (χ4v) is 7.68. The molecule has 46 heavy (non-hydrogen) atoms. The minimum absolute atomic E-state index is 0.0304. The van der Waals surface area contributed by atoms with Gasteiger partial charge in [-0.25, -0.2) is 22.5 Å². The van der Waals surface area contributed by atoms with Gasteiger partial charge in [-0.3, -0.25) is 4.90 Å². The third kappa shape index (κ3) is 4.78. The summed E-state index contributed by atoms with van der Waals surface area (Å²) in [6.45, 7) is 4.59. The second kappa shape index (κ2) is 11.0. The summed E-state index contributed by atoms with van der Waals surface area (Å²) in [6, 6.07) is -0.768. The molecule has 248 valence electrons. The molecule has 4 aliphatic rings. The lowest BCUT2D eigenvalue weighted by atomic mass is 9.95. The van der Waals surface area contributed by atoms with Gasteiger partial charge in [0, 0.05) is 25.2 Å². The SMILES string of the molecule is Cc1c(F)c(N)cc(-c2nc3c4c(nc(OC[C@@]56CCCN5C(C(F)F)CC6)nc4c2F)N2CCNC[C@H]2[C@H](C)O3)c1C(F)(F)F. The van der Waals surface area contributed by atoms with Crippen molar-refractivity contribution in [2.75, 3.05) is 43.4 Å². The molecular weight excluding hydrogens is 623 g/mol. The summed E-state index contributed by atoms with van der Waals surface area (Å²) < 4.78 is 114. The number of nitrogens with two attached hydrogens (primary N) is 1. The Hall–Kier alpha value is -3.66. The maximum absolute atomic E-state index is 16.6. The van der Waals surface area contributed by atoms with Gasteiger partial charge in [-0.15, -0.1) is 0 Å². The Morgan fingerprint density at radius 3 is 2.67 bits per heavy atom. The Bertz CT molecular complexity index is 1710. The van der Waals surface area contributed by atoms with E-state index < -0.39 is 75.5 Å². The third-order valence-corrected chi connectivity index (χ3v) is 9.89. The van der Waals surface area contributed by atoms with Gasteiger partial charge in [0.1, 0.15) is 40.9 Å². The van der Waals surface area contributed by atoms with Crippen LogP contribution < -0.4 is 25.4 Å². The van der Waals surface area contributed by atoms with Crippen LogP contribution in [0.5, 0.6) is 11.9 Å². The number of ether oxygens (including phenoxy) is 2. The molecule has 4 aliphatic heterocycles. The van der Waals surface area contributed by atoms with Crippen LogP contribution in [0.25, 0.3) is 22.2 Å². The highest BCUT2D eigenvalue weighted by Gasteiger charge is 2.52. The zero-order chi connectivity index (χ0) is 32.7. The number of hydrogen-bond donors (Lipinski definition) is 2. The first kappa shape index (κ1) is 31.0. The molecule has 0 radical (unpaired) electrons. The van der Waals surface area contributed by atoms with Crippen molar-refractivity contribution in [2.45, 2.75) is 75.9 Å².